The number of carbonyl (C=O) groups is 1. The van der Waals surface area contributed by atoms with Gasteiger partial charge in [-0.25, -0.2) is 15.4 Å². The summed E-state index contributed by atoms with van der Waals surface area (Å²) in [5.41, 5.74) is 4.22. The van der Waals surface area contributed by atoms with Gasteiger partial charge in [0.1, 0.15) is 24.0 Å². The number of ether oxygens (including phenoxy) is 1. The number of amides is 1. The fourth-order valence-corrected chi connectivity index (χ4v) is 7.67. The predicted octanol–water partition coefficient (Wildman–Crippen LogP) is 5.38. The summed E-state index contributed by atoms with van der Waals surface area (Å²) < 4.78 is 36.7. The Balaban J connectivity index is 1.29. The summed E-state index contributed by atoms with van der Waals surface area (Å²) in [7, 11) is 2.06. The van der Waals surface area contributed by atoms with Crippen LogP contribution >= 0.6 is 0 Å². The van der Waals surface area contributed by atoms with Crippen molar-refractivity contribution in [2.75, 3.05) is 51.3 Å². The molecule has 0 spiro atoms. The highest BCUT2D eigenvalue weighted by molar-refractivity contribution is 5.95. The highest BCUT2D eigenvalue weighted by atomic mass is 19.1. The van der Waals surface area contributed by atoms with E-state index in [1.807, 2.05) is 29.2 Å². The second-order valence-electron chi connectivity index (χ2n) is 12.6. The van der Waals surface area contributed by atoms with Crippen LogP contribution in [0.5, 0.6) is 6.01 Å². The van der Waals surface area contributed by atoms with E-state index in [9.17, 15) is 9.18 Å². The van der Waals surface area contributed by atoms with E-state index in [0.29, 0.717) is 41.8 Å². The maximum absolute atomic E-state index is 16.7. The SMILES string of the molecule is [C-]#[N+]C[C@H]1CN(c2nc(OC[C@@H]3CCCN3C)nc3c(F)c(-c4cccc5c4C4CCC4C5)ccc23)CCN1C(=O)C(=C)F. The maximum atomic E-state index is 16.7. The van der Waals surface area contributed by atoms with E-state index in [1.54, 1.807) is 0 Å². The summed E-state index contributed by atoms with van der Waals surface area (Å²) in [6, 6.07) is 9.65. The zero-order valence-corrected chi connectivity index (χ0v) is 24.9. The van der Waals surface area contributed by atoms with Gasteiger partial charge >= 0.3 is 6.01 Å². The number of anilines is 1. The molecule has 0 bridgehead atoms. The molecule has 1 amide bonds. The average molecular weight is 599 g/mol. The zero-order valence-electron chi connectivity index (χ0n) is 24.9. The van der Waals surface area contributed by atoms with Crippen molar-refractivity contribution in [3.8, 4) is 17.1 Å². The van der Waals surface area contributed by atoms with Crippen LogP contribution in [-0.4, -0.2) is 84.1 Å². The van der Waals surface area contributed by atoms with Gasteiger partial charge in [0.25, 0.3) is 5.91 Å². The molecule has 8 nitrogen and oxygen atoms in total. The number of hydrogen-bond donors (Lipinski definition) is 0. The van der Waals surface area contributed by atoms with Gasteiger partial charge in [-0.2, -0.15) is 9.97 Å². The first-order chi connectivity index (χ1) is 21.3. The number of halogens is 2. The lowest BCUT2D eigenvalue weighted by molar-refractivity contribution is -0.131. The van der Waals surface area contributed by atoms with Gasteiger partial charge in [0.2, 0.25) is 6.54 Å². The molecule has 4 aliphatic rings. The monoisotopic (exact) mass is 598 g/mol. The van der Waals surface area contributed by atoms with Crippen molar-refractivity contribution in [3.63, 3.8) is 0 Å². The van der Waals surface area contributed by atoms with Crippen molar-refractivity contribution in [2.24, 2.45) is 5.92 Å². The number of rotatable bonds is 7. The Labute approximate surface area is 256 Å². The number of piperazine rings is 1. The number of nitrogens with zero attached hydrogens (tertiary/aromatic N) is 6. The van der Waals surface area contributed by atoms with Crippen molar-refractivity contribution in [3.05, 3.63) is 71.1 Å². The molecule has 7 rings (SSSR count). The first-order valence-corrected chi connectivity index (χ1v) is 15.5. The van der Waals surface area contributed by atoms with E-state index >= 15 is 4.39 Å². The molecule has 3 aromatic rings. The number of likely N-dealkylation sites (N-methyl/N-ethyl adjacent to an activating group) is 1. The Bertz CT molecular complexity index is 1690. The molecule has 1 aromatic heterocycles. The smallest absolute Gasteiger partial charge is 0.319 e. The topological polar surface area (TPSA) is 66.2 Å². The summed E-state index contributed by atoms with van der Waals surface area (Å²) in [5, 5.41) is 0.530. The highest BCUT2D eigenvalue weighted by Gasteiger charge is 2.41. The van der Waals surface area contributed by atoms with Gasteiger partial charge in [0.15, 0.2) is 11.6 Å². The average Bonchev–Trinajstić information content (AvgIpc) is 3.54. The summed E-state index contributed by atoms with van der Waals surface area (Å²) in [6.45, 7) is 12.7. The molecule has 3 fully saturated rings. The van der Waals surface area contributed by atoms with Crippen molar-refractivity contribution in [2.45, 2.75) is 50.1 Å². The Morgan fingerprint density at radius 2 is 1.98 bits per heavy atom. The van der Waals surface area contributed by atoms with Crippen LogP contribution in [-0.2, 0) is 11.2 Å². The molecular formula is C34H36F2N6O2. The Morgan fingerprint density at radius 1 is 1.11 bits per heavy atom. The normalized spacial score (nSPS) is 24.5. The van der Waals surface area contributed by atoms with Gasteiger partial charge < -0.3 is 24.3 Å². The first kappa shape index (κ1) is 28.7. The minimum absolute atomic E-state index is 0.00427. The predicted molar refractivity (Wildman–Crippen MR) is 165 cm³/mol. The molecule has 4 atom stereocenters. The Morgan fingerprint density at radius 3 is 2.70 bits per heavy atom. The second kappa shape index (κ2) is 11.4. The molecule has 2 unspecified atom stereocenters. The third-order valence-corrected chi connectivity index (χ3v) is 10.2. The molecule has 10 heteroatoms. The minimum atomic E-state index is -1.05. The molecule has 0 radical (unpaired) electrons. The summed E-state index contributed by atoms with van der Waals surface area (Å²) in [6.07, 6.45) is 5.51. The van der Waals surface area contributed by atoms with E-state index in [4.69, 9.17) is 16.3 Å². The minimum Gasteiger partial charge on any atom is -0.462 e. The number of aromatic nitrogens is 2. The third kappa shape index (κ3) is 4.87. The van der Waals surface area contributed by atoms with Crippen molar-refractivity contribution >= 4 is 22.6 Å². The van der Waals surface area contributed by atoms with Crippen LogP contribution in [0.1, 0.15) is 42.7 Å². The highest BCUT2D eigenvalue weighted by Crippen LogP contribution is 2.54. The lowest BCUT2D eigenvalue weighted by Gasteiger charge is -2.39. The number of hydrogen-bond acceptors (Lipinski definition) is 6. The molecule has 3 heterocycles. The van der Waals surface area contributed by atoms with Crippen LogP contribution in [0.2, 0.25) is 0 Å². The van der Waals surface area contributed by atoms with Gasteiger partial charge in [-0.3, -0.25) is 4.79 Å². The molecule has 2 aliphatic carbocycles. The first-order valence-electron chi connectivity index (χ1n) is 15.5. The maximum Gasteiger partial charge on any atom is 0.319 e. The van der Waals surface area contributed by atoms with Crippen molar-refractivity contribution in [1.82, 2.24) is 19.8 Å². The van der Waals surface area contributed by atoms with Crippen LogP contribution in [0.25, 0.3) is 26.9 Å². The quantitative estimate of drug-likeness (QED) is 0.269. The summed E-state index contributed by atoms with van der Waals surface area (Å²) >= 11 is 0. The lowest BCUT2D eigenvalue weighted by Crippen LogP contribution is -2.56. The van der Waals surface area contributed by atoms with Crippen LogP contribution in [0.4, 0.5) is 14.6 Å². The van der Waals surface area contributed by atoms with Crippen molar-refractivity contribution < 1.29 is 18.3 Å². The molecule has 44 heavy (non-hydrogen) atoms. The third-order valence-electron chi connectivity index (χ3n) is 10.2. The summed E-state index contributed by atoms with van der Waals surface area (Å²) in [5.74, 6) is -0.655. The lowest BCUT2D eigenvalue weighted by atomic mass is 9.73. The molecular weight excluding hydrogens is 562 g/mol. The number of fused-ring (bicyclic) bond motifs is 4. The fraction of sp³-hybridized carbons (Fsp3) is 0.471. The van der Waals surface area contributed by atoms with E-state index in [0.717, 1.165) is 37.8 Å². The zero-order chi connectivity index (χ0) is 30.5. The standard InChI is InChI=1S/C34H36F2N6O2/c1-20(35)33(43)42-15-14-41(18-24(42)17-37-2)32-28-12-11-27(26-8-4-6-22-16-21-9-10-25(21)29(22)26)30(36)31(28)38-34(39-32)44-19-23-7-5-13-40(23)3/h4,6,8,11-12,21,23-25H,1,5,7,9-10,13-19H2,3H3/t21?,23-,24-,25?/m0/s1. The van der Waals surface area contributed by atoms with Crippen molar-refractivity contribution in [1.29, 1.82) is 0 Å². The molecule has 2 aliphatic heterocycles. The van der Waals surface area contributed by atoms with Gasteiger partial charge in [0.05, 0.1) is 0 Å². The van der Waals surface area contributed by atoms with Crippen LogP contribution < -0.4 is 9.64 Å². The van der Waals surface area contributed by atoms with E-state index in [1.165, 1.54) is 22.4 Å². The van der Waals surface area contributed by atoms with Crippen LogP contribution in [0.15, 0.2) is 42.7 Å². The largest absolute Gasteiger partial charge is 0.462 e. The molecule has 0 N–H and O–H groups in total. The van der Waals surface area contributed by atoms with Crippen LogP contribution in [0, 0.1) is 18.3 Å². The Kier molecular flexibility index (Phi) is 7.45. The van der Waals surface area contributed by atoms with Gasteiger partial charge in [-0.1, -0.05) is 30.8 Å². The second-order valence-corrected chi connectivity index (χ2v) is 12.6. The number of carbonyl (C=O) groups excluding carboxylic acids is 1. The Hall–Kier alpha value is -4.10. The molecule has 228 valence electrons. The number of likely N-dealkylation sites (tertiary alicyclic amines) is 1. The van der Waals surface area contributed by atoms with E-state index < -0.39 is 23.6 Å². The molecule has 1 saturated carbocycles. The molecule has 2 saturated heterocycles. The molecule has 2 aromatic carbocycles. The van der Waals surface area contributed by atoms with E-state index in [2.05, 4.69) is 34.4 Å². The summed E-state index contributed by atoms with van der Waals surface area (Å²) in [4.78, 5) is 31.0. The van der Waals surface area contributed by atoms with Crippen LogP contribution in [0.3, 0.4) is 0 Å². The number of benzene rings is 2. The fourth-order valence-electron chi connectivity index (χ4n) is 7.67. The van der Waals surface area contributed by atoms with Gasteiger partial charge in [-0.05, 0) is 80.3 Å². The van der Waals surface area contributed by atoms with Gasteiger partial charge in [0, 0.05) is 36.6 Å². The van der Waals surface area contributed by atoms with Gasteiger partial charge in [-0.15, -0.1) is 0 Å². The van der Waals surface area contributed by atoms with E-state index in [-0.39, 0.29) is 37.2 Å².